The van der Waals surface area contributed by atoms with Crippen LogP contribution in [0.15, 0.2) is 97.1 Å². The molecule has 0 fully saturated rings. The van der Waals surface area contributed by atoms with E-state index in [1.807, 2.05) is 60.7 Å². The van der Waals surface area contributed by atoms with Gasteiger partial charge in [-0.2, -0.15) is 0 Å². The van der Waals surface area contributed by atoms with E-state index < -0.39 is 23.0 Å². The molecule has 0 aromatic heterocycles. The van der Waals surface area contributed by atoms with Crippen molar-refractivity contribution < 1.29 is 18.3 Å². The molecule has 4 aromatic rings. The van der Waals surface area contributed by atoms with Crippen LogP contribution in [0, 0.1) is 11.6 Å². The van der Waals surface area contributed by atoms with Gasteiger partial charge < -0.3 is 4.74 Å². The topological polar surface area (TPSA) is 26.3 Å². The number of carbonyl (C=O) groups excluding carboxylic acids is 1. The van der Waals surface area contributed by atoms with Gasteiger partial charge in [0.25, 0.3) is 0 Å². The molecule has 4 aromatic carbocycles. The Balaban J connectivity index is 1.81. The summed E-state index contributed by atoms with van der Waals surface area (Å²) in [5.74, 6) is -1.49. The molecule has 0 atom stereocenters. The molecule has 0 aliphatic rings. The molecule has 0 N–H and O–H groups in total. The summed E-state index contributed by atoms with van der Waals surface area (Å²) in [6.45, 7) is 3.50. The van der Waals surface area contributed by atoms with E-state index in [0.717, 1.165) is 11.1 Å². The maximum absolute atomic E-state index is 15.2. The fourth-order valence-corrected chi connectivity index (χ4v) is 4.03. The van der Waals surface area contributed by atoms with Gasteiger partial charge in [0.05, 0.1) is 6.61 Å². The summed E-state index contributed by atoms with van der Waals surface area (Å²) in [5, 5.41) is 0. The second kappa shape index (κ2) is 9.37. The summed E-state index contributed by atoms with van der Waals surface area (Å²) in [7, 11) is 0. The second-order valence-corrected chi connectivity index (χ2v) is 7.97. The molecule has 0 aliphatic carbocycles. The van der Waals surface area contributed by atoms with E-state index in [4.69, 9.17) is 4.74 Å². The molecule has 0 heterocycles. The molecule has 0 amide bonds. The van der Waals surface area contributed by atoms with Crippen LogP contribution in [-0.2, 0) is 14.9 Å². The van der Waals surface area contributed by atoms with Crippen LogP contribution in [0.5, 0.6) is 0 Å². The fraction of sp³-hybridized carbons (Fsp3) is 0.138. The van der Waals surface area contributed by atoms with Gasteiger partial charge in [0.1, 0.15) is 17.0 Å². The smallest absolute Gasteiger partial charge is 0.320 e. The number of esters is 1. The lowest BCUT2D eigenvalue weighted by Gasteiger charge is -2.29. The number of rotatable bonds is 6. The molecule has 0 spiro atoms. The van der Waals surface area contributed by atoms with Crippen molar-refractivity contribution in [2.75, 3.05) is 6.61 Å². The standard InChI is InChI=1S/C29H24F2O2/c1-3-33-28(32)29(2,22-14-16-24(26(30)18-22)20-10-6-4-7-11-20)23-15-17-25(27(31)19-23)21-12-8-5-9-13-21/h4-19H,3H2,1-2H3. The van der Waals surface area contributed by atoms with Crippen molar-refractivity contribution >= 4 is 5.97 Å². The van der Waals surface area contributed by atoms with Gasteiger partial charge in [0.2, 0.25) is 0 Å². The Morgan fingerprint density at radius 1 is 0.727 bits per heavy atom. The molecule has 33 heavy (non-hydrogen) atoms. The van der Waals surface area contributed by atoms with Crippen molar-refractivity contribution in [2.24, 2.45) is 0 Å². The Labute approximate surface area is 192 Å². The highest BCUT2D eigenvalue weighted by molar-refractivity contribution is 5.88. The highest BCUT2D eigenvalue weighted by atomic mass is 19.1. The van der Waals surface area contributed by atoms with Crippen LogP contribution in [0.1, 0.15) is 25.0 Å². The summed E-state index contributed by atoms with van der Waals surface area (Å²) < 4.78 is 35.7. The average molecular weight is 443 g/mol. The van der Waals surface area contributed by atoms with Crippen LogP contribution in [-0.4, -0.2) is 12.6 Å². The summed E-state index contributed by atoms with van der Waals surface area (Å²) >= 11 is 0. The van der Waals surface area contributed by atoms with Gasteiger partial charge in [-0.05, 0) is 48.2 Å². The molecule has 4 rings (SSSR count). The van der Waals surface area contributed by atoms with Crippen LogP contribution in [0.25, 0.3) is 22.3 Å². The van der Waals surface area contributed by atoms with Crippen molar-refractivity contribution in [2.45, 2.75) is 19.3 Å². The molecule has 166 valence electrons. The second-order valence-electron chi connectivity index (χ2n) is 7.97. The predicted octanol–water partition coefficient (Wildman–Crippen LogP) is 7.17. The Hall–Kier alpha value is -3.79. The molecule has 2 nitrogen and oxygen atoms in total. The lowest BCUT2D eigenvalue weighted by atomic mass is 9.75. The molecule has 0 aliphatic heterocycles. The maximum Gasteiger partial charge on any atom is 0.320 e. The van der Waals surface area contributed by atoms with Crippen LogP contribution in [0.4, 0.5) is 8.78 Å². The maximum atomic E-state index is 15.2. The van der Waals surface area contributed by atoms with Gasteiger partial charge in [0, 0.05) is 11.1 Å². The van der Waals surface area contributed by atoms with Gasteiger partial charge in [-0.15, -0.1) is 0 Å². The summed E-state index contributed by atoms with van der Waals surface area (Å²) in [6, 6.07) is 27.7. The van der Waals surface area contributed by atoms with E-state index in [1.165, 1.54) is 12.1 Å². The molecule has 0 bridgehead atoms. The Morgan fingerprint density at radius 3 is 1.52 bits per heavy atom. The number of hydrogen-bond donors (Lipinski definition) is 0. The Morgan fingerprint density at radius 2 is 1.15 bits per heavy atom. The number of benzene rings is 4. The number of ether oxygens (including phenoxy) is 1. The van der Waals surface area contributed by atoms with Crippen molar-refractivity contribution in [1.29, 1.82) is 0 Å². The summed E-state index contributed by atoms with van der Waals surface area (Å²) in [4.78, 5) is 13.1. The minimum absolute atomic E-state index is 0.156. The van der Waals surface area contributed by atoms with Crippen LogP contribution in [0.3, 0.4) is 0 Å². The monoisotopic (exact) mass is 442 g/mol. The lowest BCUT2D eigenvalue weighted by Crippen LogP contribution is -2.36. The van der Waals surface area contributed by atoms with Crippen molar-refractivity contribution in [3.05, 3.63) is 120 Å². The predicted molar refractivity (Wildman–Crippen MR) is 127 cm³/mol. The van der Waals surface area contributed by atoms with Gasteiger partial charge in [0.15, 0.2) is 0 Å². The highest BCUT2D eigenvalue weighted by Crippen LogP contribution is 2.37. The van der Waals surface area contributed by atoms with E-state index in [9.17, 15) is 4.79 Å². The first-order valence-corrected chi connectivity index (χ1v) is 10.8. The van der Waals surface area contributed by atoms with Gasteiger partial charge in [-0.1, -0.05) is 84.9 Å². The quantitative estimate of drug-likeness (QED) is 0.296. The van der Waals surface area contributed by atoms with Crippen molar-refractivity contribution in [3.8, 4) is 22.3 Å². The number of carbonyl (C=O) groups is 1. The average Bonchev–Trinajstić information content (AvgIpc) is 2.84. The third-order valence-corrected chi connectivity index (χ3v) is 5.95. The number of halogens is 2. The van der Waals surface area contributed by atoms with Gasteiger partial charge in [-0.25, -0.2) is 8.78 Å². The first-order chi connectivity index (χ1) is 15.9. The van der Waals surface area contributed by atoms with Gasteiger partial charge in [-0.3, -0.25) is 4.79 Å². The SMILES string of the molecule is CCOC(=O)C(C)(c1ccc(-c2ccccc2)c(F)c1)c1ccc(-c2ccccc2)c(F)c1. The minimum atomic E-state index is -1.39. The molecule has 4 heteroatoms. The third kappa shape index (κ3) is 4.29. The zero-order valence-electron chi connectivity index (χ0n) is 18.5. The Kier molecular flexibility index (Phi) is 6.36. The Bertz CT molecular complexity index is 1180. The first-order valence-electron chi connectivity index (χ1n) is 10.8. The van der Waals surface area contributed by atoms with E-state index in [1.54, 1.807) is 38.1 Å². The number of hydrogen-bond acceptors (Lipinski definition) is 2. The zero-order chi connectivity index (χ0) is 23.4. The minimum Gasteiger partial charge on any atom is -0.465 e. The van der Waals surface area contributed by atoms with Crippen LogP contribution < -0.4 is 0 Å². The van der Waals surface area contributed by atoms with Crippen LogP contribution in [0.2, 0.25) is 0 Å². The van der Waals surface area contributed by atoms with E-state index in [-0.39, 0.29) is 6.61 Å². The molecule has 0 unspecified atom stereocenters. The molecular weight excluding hydrogens is 418 g/mol. The highest BCUT2D eigenvalue weighted by Gasteiger charge is 2.40. The molecule has 0 radical (unpaired) electrons. The normalized spacial score (nSPS) is 11.3. The fourth-order valence-electron chi connectivity index (χ4n) is 4.03. The molecule has 0 saturated carbocycles. The summed E-state index contributed by atoms with van der Waals surface area (Å²) in [6.07, 6.45) is 0. The molecular formula is C29H24F2O2. The van der Waals surface area contributed by atoms with Crippen molar-refractivity contribution in [1.82, 2.24) is 0 Å². The van der Waals surface area contributed by atoms with E-state index in [0.29, 0.717) is 22.3 Å². The van der Waals surface area contributed by atoms with Crippen molar-refractivity contribution in [3.63, 3.8) is 0 Å². The summed E-state index contributed by atoms with van der Waals surface area (Å²) in [5.41, 5.74) is 1.72. The van der Waals surface area contributed by atoms with E-state index >= 15 is 8.78 Å². The third-order valence-electron chi connectivity index (χ3n) is 5.95. The zero-order valence-corrected chi connectivity index (χ0v) is 18.5. The largest absolute Gasteiger partial charge is 0.465 e. The van der Waals surface area contributed by atoms with Gasteiger partial charge >= 0.3 is 5.97 Å². The molecule has 0 saturated heterocycles. The first kappa shape index (κ1) is 22.4. The lowest BCUT2D eigenvalue weighted by molar-refractivity contribution is -0.147. The van der Waals surface area contributed by atoms with E-state index in [2.05, 4.69) is 0 Å². The van der Waals surface area contributed by atoms with Crippen LogP contribution >= 0.6 is 0 Å².